The SMILES string of the molecule is CCCOCC(=O)C(C)(CCn1ccc(C)cc1=O)S(C)(=O)=O. The number of carbonyl (C=O) groups is 1. The lowest BCUT2D eigenvalue weighted by Crippen LogP contribution is -2.46. The molecule has 1 aromatic rings. The van der Waals surface area contributed by atoms with Gasteiger partial charge in [0.15, 0.2) is 15.6 Å². The number of ketones is 1. The summed E-state index contributed by atoms with van der Waals surface area (Å²) < 4.78 is 29.3. The summed E-state index contributed by atoms with van der Waals surface area (Å²) in [6, 6.07) is 3.25. The van der Waals surface area contributed by atoms with Crippen LogP contribution in [0.1, 0.15) is 32.3 Å². The van der Waals surface area contributed by atoms with Crippen LogP contribution in [0, 0.1) is 6.92 Å². The first-order valence-electron chi connectivity index (χ1n) is 7.59. The van der Waals surface area contributed by atoms with Crippen LogP contribution in [0.4, 0.5) is 0 Å². The molecule has 0 spiro atoms. The third-order valence-corrected chi connectivity index (χ3v) is 6.04. The van der Waals surface area contributed by atoms with E-state index < -0.39 is 20.4 Å². The second-order valence-electron chi connectivity index (χ2n) is 5.96. The first-order chi connectivity index (χ1) is 10.6. The molecule has 1 rings (SSSR count). The normalized spacial score (nSPS) is 14.4. The number of pyridine rings is 1. The summed E-state index contributed by atoms with van der Waals surface area (Å²) in [6.07, 6.45) is 3.44. The van der Waals surface area contributed by atoms with Crippen molar-refractivity contribution in [3.8, 4) is 0 Å². The monoisotopic (exact) mass is 343 g/mol. The largest absolute Gasteiger partial charge is 0.374 e. The number of ether oxygens (including phenoxy) is 1. The number of hydrogen-bond acceptors (Lipinski definition) is 5. The highest BCUT2D eigenvalue weighted by Gasteiger charge is 2.42. The predicted molar refractivity (Wildman–Crippen MR) is 89.4 cm³/mol. The van der Waals surface area contributed by atoms with Crippen molar-refractivity contribution in [1.29, 1.82) is 0 Å². The van der Waals surface area contributed by atoms with E-state index in [1.54, 1.807) is 19.2 Å². The topological polar surface area (TPSA) is 82.4 Å². The van der Waals surface area contributed by atoms with Gasteiger partial charge in [0.05, 0.1) is 0 Å². The van der Waals surface area contributed by atoms with Gasteiger partial charge in [-0.1, -0.05) is 6.92 Å². The number of carbonyl (C=O) groups excluding carboxylic acids is 1. The summed E-state index contributed by atoms with van der Waals surface area (Å²) in [7, 11) is -3.64. The van der Waals surface area contributed by atoms with Crippen molar-refractivity contribution < 1.29 is 17.9 Å². The van der Waals surface area contributed by atoms with E-state index in [2.05, 4.69) is 0 Å². The molecular weight excluding hydrogens is 318 g/mol. The maximum absolute atomic E-state index is 12.4. The Labute approximate surface area is 137 Å². The average molecular weight is 343 g/mol. The van der Waals surface area contributed by atoms with Gasteiger partial charge in [-0.3, -0.25) is 9.59 Å². The smallest absolute Gasteiger partial charge is 0.250 e. The van der Waals surface area contributed by atoms with Crippen LogP contribution in [-0.4, -0.2) is 43.0 Å². The molecule has 6 nitrogen and oxygen atoms in total. The molecule has 1 unspecified atom stereocenters. The molecular formula is C16H25NO5S. The van der Waals surface area contributed by atoms with Gasteiger partial charge in [-0.25, -0.2) is 8.42 Å². The van der Waals surface area contributed by atoms with Gasteiger partial charge in [-0.05, 0) is 38.3 Å². The summed E-state index contributed by atoms with van der Waals surface area (Å²) in [4.78, 5) is 24.2. The lowest BCUT2D eigenvalue weighted by molar-refractivity contribution is -0.126. The zero-order chi connectivity index (χ0) is 17.7. The molecule has 0 saturated heterocycles. The Morgan fingerprint density at radius 3 is 2.57 bits per heavy atom. The Morgan fingerprint density at radius 2 is 2.04 bits per heavy atom. The molecule has 0 aliphatic heterocycles. The highest BCUT2D eigenvalue weighted by Crippen LogP contribution is 2.23. The van der Waals surface area contributed by atoms with E-state index in [0.717, 1.165) is 18.2 Å². The Hall–Kier alpha value is -1.47. The van der Waals surface area contributed by atoms with Gasteiger partial charge in [0.25, 0.3) is 5.56 Å². The van der Waals surface area contributed by atoms with Crippen LogP contribution in [-0.2, 0) is 25.9 Å². The number of aromatic nitrogens is 1. The zero-order valence-electron chi connectivity index (χ0n) is 14.2. The lowest BCUT2D eigenvalue weighted by Gasteiger charge is -2.26. The van der Waals surface area contributed by atoms with Crippen LogP contribution in [0.15, 0.2) is 23.1 Å². The summed E-state index contributed by atoms with van der Waals surface area (Å²) in [6.45, 7) is 5.44. The van der Waals surface area contributed by atoms with Crippen LogP contribution in [0.3, 0.4) is 0 Å². The van der Waals surface area contributed by atoms with Crippen molar-refractivity contribution in [2.24, 2.45) is 0 Å². The van der Waals surface area contributed by atoms with E-state index in [1.165, 1.54) is 17.6 Å². The van der Waals surface area contributed by atoms with E-state index in [0.29, 0.717) is 6.61 Å². The third kappa shape index (κ3) is 5.00. The molecule has 0 aromatic carbocycles. The van der Waals surface area contributed by atoms with Crippen molar-refractivity contribution >= 4 is 15.6 Å². The molecule has 0 saturated carbocycles. The van der Waals surface area contributed by atoms with Crippen LogP contribution >= 0.6 is 0 Å². The van der Waals surface area contributed by atoms with E-state index in [9.17, 15) is 18.0 Å². The number of nitrogens with zero attached hydrogens (tertiary/aromatic N) is 1. The molecule has 1 atom stereocenters. The molecule has 0 N–H and O–H groups in total. The minimum absolute atomic E-state index is 0.0309. The average Bonchev–Trinajstić information content (AvgIpc) is 2.44. The van der Waals surface area contributed by atoms with Gasteiger partial charge in [-0.15, -0.1) is 0 Å². The lowest BCUT2D eigenvalue weighted by atomic mass is 10.0. The quantitative estimate of drug-likeness (QED) is 0.632. The molecule has 130 valence electrons. The fraction of sp³-hybridized carbons (Fsp3) is 0.625. The molecule has 7 heteroatoms. The molecule has 0 aliphatic rings. The van der Waals surface area contributed by atoms with E-state index in [4.69, 9.17) is 4.74 Å². The van der Waals surface area contributed by atoms with Crippen molar-refractivity contribution in [2.45, 2.75) is 44.9 Å². The van der Waals surface area contributed by atoms with Gasteiger partial charge >= 0.3 is 0 Å². The third-order valence-electron chi connectivity index (χ3n) is 3.97. The molecule has 0 fully saturated rings. The molecule has 0 aliphatic carbocycles. The van der Waals surface area contributed by atoms with E-state index in [-0.39, 0.29) is 25.1 Å². The fourth-order valence-corrected chi connectivity index (χ4v) is 3.05. The van der Waals surface area contributed by atoms with Crippen molar-refractivity contribution in [2.75, 3.05) is 19.5 Å². The first kappa shape index (κ1) is 19.6. The van der Waals surface area contributed by atoms with Gasteiger partial charge in [0, 0.05) is 31.7 Å². The summed E-state index contributed by atoms with van der Waals surface area (Å²) in [5.74, 6) is -0.478. The van der Waals surface area contributed by atoms with Crippen molar-refractivity contribution in [3.63, 3.8) is 0 Å². The molecule has 1 heterocycles. The Balaban J connectivity index is 2.95. The summed E-state index contributed by atoms with van der Waals surface area (Å²) >= 11 is 0. The van der Waals surface area contributed by atoms with E-state index in [1.807, 2.05) is 6.92 Å². The van der Waals surface area contributed by atoms with Crippen LogP contribution in [0.25, 0.3) is 0 Å². The fourth-order valence-electron chi connectivity index (χ4n) is 2.12. The molecule has 0 radical (unpaired) electrons. The number of sulfone groups is 1. The van der Waals surface area contributed by atoms with Gasteiger partial charge in [0.2, 0.25) is 0 Å². The molecule has 0 bridgehead atoms. The Morgan fingerprint density at radius 1 is 1.39 bits per heavy atom. The summed E-state index contributed by atoms with van der Waals surface area (Å²) in [5, 5.41) is 0. The number of Topliss-reactive ketones (excluding diaryl/α,β-unsaturated/α-hetero) is 1. The van der Waals surface area contributed by atoms with Gasteiger partial charge in [0.1, 0.15) is 11.4 Å². The predicted octanol–water partition coefficient (Wildman–Crippen LogP) is 1.35. The van der Waals surface area contributed by atoms with Crippen molar-refractivity contribution in [3.05, 3.63) is 34.2 Å². The van der Waals surface area contributed by atoms with E-state index >= 15 is 0 Å². The van der Waals surface area contributed by atoms with Gasteiger partial charge in [-0.2, -0.15) is 0 Å². The molecule has 1 aromatic heterocycles. The Kier molecular flexibility index (Phi) is 6.70. The zero-order valence-corrected chi connectivity index (χ0v) is 15.0. The number of hydrogen-bond donors (Lipinski definition) is 0. The molecule has 0 amide bonds. The maximum Gasteiger partial charge on any atom is 0.250 e. The van der Waals surface area contributed by atoms with Gasteiger partial charge < -0.3 is 9.30 Å². The second-order valence-corrected chi connectivity index (χ2v) is 8.41. The second kappa shape index (κ2) is 7.88. The minimum Gasteiger partial charge on any atom is -0.374 e. The van der Waals surface area contributed by atoms with Crippen LogP contribution in [0.5, 0.6) is 0 Å². The number of rotatable bonds is 9. The molecule has 23 heavy (non-hydrogen) atoms. The highest BCUT2D eigenvalue weighted by molar-refractivity contribution is 7.92. The number of aryl methyl sites for hydroxylation is 2. The highest BCUT2D eigenvalue weighted by atomic mass is 32.2. The standard InChI is InChI=1S/C16H25NO5S/c1-5-10-22-12-14(18)16(3,23(4,20)21)7-9-17-8-6-13(2)11-15(17)19/h6,8,11H,5,7,9-10,12H2,1-4H3. The van der Waals surface area contributed by atoms with Crippen molar-refractivity contribution in [1.82, 2.24) is 4.57 Å². The Bertz CT molecular complexity index is 707. The van der Waals surface area contributed by atoms with Crippen LogP contribution in [0.2, 0.25) is 0 Å². The van der Waals surface area contributed by atoms with Crippen LogP contribution < -0.4 is 5.56 Å². The maximum atomic E-state index is 12.4. The first-order valence-corrected chi connectivity index (χ1v) is 9.48. The summed E-state index contributed by atoms with van der Waals surface area (Å²) in [5.41, 5.74) is 0.622. The minimum atomic E-state index is -3.64.